The van der Waals surface area contributed by atoms with E-state index in [9.17, 15) is 4.79 Å². The van der Waals surface area contributed by atoms with Crippen molar-refractivity contribution in [3.05, 3.63) is 48.5 Å². The molecule has 4 N–H and O–H groups in total. The molecule has 2 atom stereocenters. The molecule has 0 bridgehead atoms. The minimum Gasteiger partial charge on any atom is -0.497 e. The smallest absolute Gasteiger partial charge is 0.204 e. The van der Waals surface area contributed by atoms with Crippen LogP contribution in [0.15, 0.2) is 48.5 Å². The molecular weight excluding hydrogens is 302 g/mol. The molecule has 1 aliphatic heterocycles. The van der Waals surface area contributed by atoms with Gasteiger partial charge in [-0.05, 0) is 24.3 Å². The second-order valence-corrected chi connectivity index (χ2v) is 6.21. The van der Waals surface area contributed by atoms with Gasteiger partial charge in [-0.2, -0.15) is 0 Å². The van der Waals surface area contributed by atoms with E-state index in [1.165, 1.54) is 0 Å². The van der Waals surface area contributed by atoms with E-state index >= 15 is 0 Å². The van der Waals surface area contributed by atoms with Gasteiger partial charge < -0.3 is 16.2 Å². The van der Waals surface area contributed by atoms with E-state index in [1.54, 1.807) is 7.11 Å². The first kappa shape index (κ1) is 16.5. The molecule has 3 rings (SSSR count). The molecule has 0 radical (unpaired) electrons. The number of nitrogens with zero attached hydrogens (tertiary/aromatic N) is 1. The van der Waals surface area contributed by atoms with E-state index in [0.717, 1.165) is 36.5 Å². The van der Waals surface area contributed by atoms with Crippen LogP contribution in [0.4, 0.5) is 17.1 Å². The molecule has 5 nitrogen and oxygen atoms in total. The number of carbonyl (C=O) groups excluding carboxylic acids is 1. The highest BCUT2D eigenvalue weighted by molar-refractivity contribution is 5.90. The summed E-state index contributed by atoms with van der Waals surface area (Å²) in [6.07, 6.45) is 1.80. The monoisotopic (exact) mass is 326 g/mol. The van der Waals surface area contributed by atoms with Crippen molar-refractivity contribution in [1.29, 1.82) is 0 Å². The first-order chi connectivity index (χ1) is 11.6. The largest absolute Gasteiger partial charge is 0.497 e. The minimum absolute atomic E-state index is 0.0591. The maximum absolute atomic E-state index is 12.6. The van der Waals surface area contributed by atoms with Gasteiger partial charge >= 0.3 is 0 Å². The van der Waals surface area contributed by atoms with Gasteiger partial charge in [-0.3, -0.25) is 4.79 Å². The Morgan fingerprint density at radius 2 is 1.96 bits per heavy atom. The number of hydrogen-bond donors (Lipinski definition) is 2. The molecule has 24 heavy (non-hydrogen) atoms. The number of methoxy groups -OCH3 is 1. The second-order valence-electron chi connectivity index (χ2n) is 6.21. The maximum atomic E-state index is 12.6. The van der Waals surface area contributed by atoms with E-state index < -0.39 is 0 Å². The summed E-state index contributed by atoms with van der Waals surface area (Å²) < 4.78 is 5.88. The number of anilines is 1. The van der Waals surface area contributed by atoms with Gasteiger partial charge in [-0.25, -0.2) is 4.48 Å². The first-order valence-corrected chi connectivity index (χ1v) is 8.23. The van der Waals surface area contributed by atoms with Crippen LogP contribution in [0, 0.1) is 0 Å². The fourth-order valence-electron chi connectivity index (χ4n) is 3.82. The highest BCUT2D eigenvalue weighted by Crippen LogP contribution is 2.44. The Morgan fingerprint density at radius 1 is 1.21 bits per heavy atom. The first-order valence-electron chi connectivity index (χ1n) is 8.23. The zero-order chi connectivity index (χ0) is 17.2. The summed E-state index contributed by atoms with van der Waals surface area (Å²) in [4.78, 5) is 12.6. The number of benzene rings is 2. The van der Waals surface area contributed by atoms with Gasteiger partial charge in [0.1, 0.15) is 17.1 Å². The number of rotatable bonds is 5. The van der Waals surface area contributed by atoms with Crippen molar-refractivity contribution in [3.8, 4) is 5.75 Å². The zero-order valence-corrected chi connectivity index (χ0v) is 13.9. The lowest BCUT2D eigenvalue weighted by Crippen LogP contribution is -2.53. The van der Waals surface area contributed by atoms with E-state index in [-0.39, 0.29) is 18.4 Å². The number of Topliss-reactive ketones (excluding diaryl/α,β-unsaturated/α-hetero) is 1. The zero-order valence-electron chi connectivity index (χ0n) is 13.9. The van der Waals surface area contributed by atoms with Gasteiger partial charge in [0.2, 0.25) is 5.78 Å². The quantitative estimate of drug-likeness (QED) is 0.654. The number of ether oxygens (including phenoxy) is 1. The van der Waals surface area contributed by atoms with Crippen molar-refractivity contribution < 1.29 is 9.53 Å². The summed E-state index contributed by atoms with van der Waals surface area (Å²) in [6, 6.07) is 15.6. The van der Waals surface area contributed by atoms with Crippen LogP contribution in [-0.2, 0) is 4.79 Å². The molecule has 0 saturated carbocycles. The molecule has 0 spiro atoms. The van der Waals surface area contributed by atoms with Crippen LogP contribution in [0.25, 0.3) is 0 Å². The van der Waals surface area contributed by atoms with Crippen molar-refractivity contribution in [1.82, 2.24) is 4.48 Å². The SMILES string of the molecule is COc1cccc([N+]2(c3ccc(N)cc3)CCCC2C(=O)CN)c1. The van der Waals surface area contributed by atoms with E-state index in [1.807, 2.05) is 42.5 Å². The van der Waals surface area contributed by atoms with Crippen LogP contribution in [0.5, 0.6) is 5.75 Å². The topological polar surface area (TPSA) is 78.3 Å². The summed E-state index contributed by atoms with van der Waals surface area (Å²) >= 11 is 0. The summed E-state index contributed by atoms with van der Waals surface area (Å²) in [5.41, 5.74) is 14.4. The normalized spacial score (nSPS) is 23.2. The molecule has 2 aromatic rings. The molecule has 5 heteroatoms. The Hall–Kier alpha value is -2.37. The van der Waals surface area contributed by atoms with Crippen LogP contribution in [0.1, 0.15) is 12.8 Å². The summed E-state index contributed by atoms with van der Waals surface area (Å²) in [6.45, 7) is 0.914. The van der Waals surface area contributed by atoms with Crippen LogP contribution >= 0.6 is 0 Å². The van der Waals surface area contributed by atoms with Crippen LogP contribution < -0.4 is 20.7 Å². The highest BCUT2D eigenvalue weighted by atomic mass is 16.5. The molecular formula is C19H24N3O2+. The molecule has 1 aliphatic rings. The number of hydrogen-bond acceptors (Lipinski definition) is 4. The third-order valence-electron chi connectivity index (χ3n) is 4.96. The number of carbonyl (C=O) groups is 1. The molecule has 0 amide bonds. The third kappa shape index (κ3) is 2.66. The van der Waals surface area contributed by atoms with Crippen molar-refractivity contribution >= 4 is 22.8 Å². The summed E-state index contributed by atoms with van der Waals surface area (Å²) in [5.74, 6) is 0.874. The number of nitrogens with two attached hydrogens (primary N) is 2. The van der Waals surface area contributed by atoms with Gasteiger partial charge in [0.05, 0.1) is 20.2 Å². The molecule has 126 valence electrons. The fourth-order valence-corrected chi connectivity index (χ4v) is 3.82. The third-order valence-corrected chi connectivity index (χ3v) is 4.96. The number of quaternary nitrogens is 1. The lowest BCUT2D eigenvalue weighted by atomic mass is 10.0. The van der Waals surface area contributed by atoms with Crippen molar-refractivity contribution in [2.75, 3.05) is 25.9 Å². The number of ketones is 1. The lowest BCUT2D eigenvalue weighted by Gasteiger charge is -2.38. The highest BCUT2D eigenvalue weighted by Gasteiger charge is 2.49. The Bertz CT molecular complexity index is 730. The van der Waals surface area contributed by atoms with Crippen molar-refractivity contribution in [2.45, 2.75) is 18.9 Å². The fraction of sp³-hybridized carbons (Fsp3) is 0.316. The van der Waals surface area contributed by atoms with Crippen molar-refractivity contribution in [3.63, 3.8) is 0 Å². The molecule has 2 aromatic carbocycles. The van der Waals surface area contributed by atoms with Crippen molar-refractivity contribution in [2.24, 2.45) is 5.73 Å². The van der Waals surface area contributed by atoms with Crippen LogP contribution in [-0.4, -0.2) is 32.0 Å². The Morgan fingerprint density at radius 3 is 2.62 bits per heavy atom. The maximum Gasteiger partial charge on any atom is 0.204 e. The van der Waals surface area contributed by atoms with Crippen LogP contribution in [0.2, 0.25) is 0 Å². The van der Waals surface area contributed by atoms with E-state index in [2.05, 4.69) is 6.07 Å². The average Bonchev–Trinajstić information content (AvgIpc) is 3.07. The van der Waals surface area contributed by atoms with Crippen LogP contribution in [0.3, 0.4) is 0 Å². The van der Waals surface area contributed by atoms with E-state index in [4.69, 9.17) is 16.2 Å². The Labute approximate surface area is 142 Å². The predicted octanol–water partition coefficient (Wildman–Crippen LogP) is 2.61. The van der Waals surface area contributed by atoms with Gasteiger partial charge in [0, 0.05) is 36.7 Å². The van der Waals surface area contributed by atoms with E-state index in [0.29, 0.717) is 10.2 Å². The molecule has 0 aliphatic carbocycles. The predicted molar refractivity (Wildman–Crippen MR) is 97.3 cm³/mol. The summed E-state index contributed by atoms with van der Waals surface area (Å²) in [7, 11) is 1.65. The van der Waals surface area contributed by atoms with Gasteiger partial charge in [-0.1, -0.05) is 6.07 Å². The average molecular weight is 326 g/mol. The Balaban J connectivity index is 2.20. The summed E-state index contributed by atoms with van der Waals surface area (Å²) in [5, 5.41) is 0. The lowest BCUT2D eigenvalue weighted by molar-refractivity contribution is -0.120. The van der Waals surface area contributed by atoms with Gasteiger partial charge in [0.15, 0.2) is 6.04 Å². The van der Waals surface area contributed by atoms with Gasteiger partial charge in [-0.15, -0.1) is 0 Å². The molecule has 0 aromatic heterocycles. The molecule has 1 fully saturated rings. The molecule has 1 heterocycles. The molecule has 2 unspecified atom stereocenters. The number of nitrogen functional groups attached to an aromatic ring is 1. The van der Waals surface area contributed by atoms with Gasteiger partial charge in [0.25, 0.3) is 0 Å². The minimum atomic E-state index is -0.175. The standard InChI is InChI=1S/C19H24N3O2/c1-24-17-5-2-4-16(12-17)22(15-9-7-14(21)8-10-15)11-3-6-18(22)19(23)13-20/h2,4-5,7-10,12,18H,3,6,11,13,20-21H2,1H3/q+1. The molecule has 1 saturated heterocycles. The Kier molecular flexibility index (Phi) is 4.55. The second kappa shape index (κ2) is 6.63.